The third-order valence-electron chi connectivity index (χ3n) is 4.88. The lowest BCUT2D eigenvalue weighted by molar-refractivity contribution is 0.255. The molecule has 8 heteroatoms. The molecule has 0 spiro atoms. The minimum Gasteiger partial charge on any atom is -0.357 e. The molecule has 2 heterocycles. The van der Waals surface area contributed by atoms with Crippen LogP contribution in [0.5, 0.6) is 0 Å². The Bertz CT molecular complexity index is 539. The van der Waals surface area contributed by atoms with Crippen LogP contribution in [0.4, 0.5) is 0 Å². The molecule has 0 radical (unpaired) electrons. The van der Waals surface area contributed by atoms with Gasteiger partial charge in [0.15, 0.2) is 11.8 Å². The Labute approximate surface area is 169 Å². The van der Waals surface area contributed by atoms with Crippen LogP contribution in [0.1, 0.15) is 38.8 Å². The molecule has 1 aliphatic rings. The zero-order chi connectivity index (χ0) is 17.5. The van der Waals surface area contributed by atoms with Crippen LogP contribution in [0.15, 0.2) is 4.99 Å². The number of hydrogen-bond acceptors (Lipinski definition) is 4. The average molecular weight is 463 g/mol. The fraction of sp³-hybridized carbons (Fsp3) is 0.824. The van der Waals surface area contributed by atoms with E-state index < -0.39 is 0 Å². The van der Waals surface area contributed by atoms with Crippen LogP contribution in [0.3, 0.4) is 0 Å². The maximum atomic E-state index is 4.79. The zero-order valence-corrected chi connectivity index (χ0v) is 18.7. The third kappa shape index (κ3) is 6.09. The molecular weight excluding hydrogens is 429 g/mol. The lowest BCUT2D eigenvalue weighted by atomic mass is 10.1. The second-order valence-corrected chi connectivity index (χ2v) is 6.48. The van der Waals surface area contributed by atoms with E-state index in [0.29, 0.717) is 6.54 Å². The number of hydrogen-bond donors (Lipinski definition) is 1. The smallest absolute Gasteiger partial charge is 0.194 e. The highest BCUT2D eigenvalue weighted by Gasteiger charge is 2.26. The van der Waals surface area contributed by atoms with Crippen molar-refractivity contribution in [2.45, 2.75) is 40.7 Å². The average Bonchev–Trinajstić information content (AvgIpc) is 3.17. The van der Waals surface area contributed by atoms with Gasteiger partial charge in [-0.05, 0) is 39.3 Å². The number of guanidine groups is 1. The fourth-order valence-electron chi connectivity index (χ4n) is 3.18. The van der Waals surface area contributed by atoms with Gasteiger partial charge < -0.3 is 19.7 Å². The van der Waals surface area contributed by atoms with Gasteiger partial charge in [-0.15, -0.1) is 34.2 Å². The first-order valence-electron chi connectivity index (χ1n) is 9.19. The number of aliphatic imine (C=N–C) groups is 1. The third-order valence-corrected chi connectivity index (χ3v) is 4.88. The summed E-state index contributed by atoms with van der Waals surface area (Å²) in [7, 11) is 1.99. The van der Waals surface area contributed by atoms with Gasteiger partial charge in [0, 0.05) is 33.2 Å². The highest BCUT2D eigenvalue weighted by Crippen LogP contribution is 2.18. The van der Waals surface area contributed by atoms with E-state index in [-0.39, 0.29) is 24.0 Å². The Morgan fingerprint density at radius 3 is 2.56 bits per heavy atom. The van der Waals surface area contributed by atoms with Crippen molar-refractivity contribution in [3.8, 4) is 0 Å². The van der Waals surface area contributed by atoms with Crippen LogP contribution in [-0.2, 0) is 13.6 Å². The van der Waals surface area contributed by atoms with Gasteiger partial charge in [0.1, 0.15) is 12.4 Å². The Hall–Kier alpha value is -0.900. The molecule has 0 aliphatic carbocycles. The molecule has 25 heavy (non-hydrogen) atoms. The molecule has 1 aliphatic heterocycles. The van der Waals surface area contributed by atoms with Crippen molar-refractivity contribution in [3.05, 3.63) is 11.6 Å². The lowest BCUT2D eigenvalue weighted by Crippen LogP contribution is -2.41. The van der Waals surface area contributed by atoms with Crippen molar-refractivity contribution in [1.82, 2.24) is 29.9 Å². The van der Waals surface area contributed by atoms with E-state index in [0.717, 1.165) is 56.3 Å². The van der Waals surface area contributed by atoms with E-state index in [2.05, 4.69) is 46.1 Å². The summed E-state index contributed by atoms with van der Waals surface area (Å²) in [6.07, 6.45) is 1.24. The van der Waals surface area contributed by atoms with Gasteiger partial charge in [-0.1, -0.05) is 13.8 Å². The highest BCUT2D eigenvalue weighted by atomic mass is 127. The minimum atomic E-state index is 0. The summed E-state index contributed by atoms with van der Waals surface area (Å²) < 4.78 is 2.00. The molecule has 1 unspecified atom stereocenters. The molecule has 7 nitrogen and oxygen atoms in total. The molecule has 0 bridgehead atoms. The zero-order valence-electron chi connectivity index (χ0n) is 16.3. The van der Waals surface area contributed by atoms with Crippen molar-refractivity contribution < 1.29 is 0 Å². The number of aryl methyl sites for hydroxylation is 1. The topological polar surface area (TPSA) is 61.6 Å². The Morgan fingerprint density at radius 2 is 2.00 bits per heavy atom. The molecule has 1 N–H and O–H groups in total. The van der Waals surface area contributed by atoms with Crippen molar-refractivity contribution in [3.63, 3.8) is 0 Å². The van der Waals surface area contributed by atoms with Gasteiger partial charge in [0.2, 0.25) is 0 Å². The second kappa shape index (κ2) is 10.9. The molecule has 0 amide bonds. The standard InChI is InChI=1S/C17H33N7.HI/c1-6-18-17(19-11-16-21-20-14(4)22(16)5)24-10-9-15(13-24)12-23(7-2)8-3;/h15H,6-13H2,1-5H3,(H,18,19);1H. The van der Waals surface area contributed by atoms with Crippen LogP contribution in [0, 0.1) is 12.8 Å². The van der Waals surface area contributed by atoms with Crippen molar-refractivity contribution in [2.24, 2.45) is 18.0 Å². The molecular formula is C17H34IN7. The summed E-state index contributed by atoms with van der Waals surface area (Å²) in [5.74, 6) is 3.55. The summed E-state index contributed by atoms with van der Waals surface area (Å²) in [5, 5.41) is 11.7. The molecule has 0 saturated carbocycles. The van der Waals surface area contributed by atoms with Gasteiger partial charge in [-0.25, -0.2) is 4.99 Å². The van der Waals surface area contributed by atoms with E-state index in [4.69, 9.17) is 4.99 Å². The predicted octanol–water partition coefficient (Wildman–Crippen LogP) is 1.87. The lowest BCUT2D eigenvalue weighted by Gasteiger charge is -2.24. The molecule has 2 rings (SSSR count). The van der Waals surface area contributed by atoms with E-state index in [1.807, 2.05) is 18.5 Å². The normalized spacial score (nSPS) is 17.9. The highest BCUT2D eigenvalue weighted by molar-refractivity contribution is 14.0. The van der Waals surface area contributed by atoms with E-state index in [9.17, 15) is 0 Å². The molecule has 1 aromatic rings. The molecule has 144 valence electrons. The van der Waals surface area contributed by atoms with Crippen molar-refractivity contribution in [1.29, 1.82) is 0 Å². The van der Waals surface area contributed by atoms with Gasteiger partial charge in [-0.3, -0.25) is 0 Å². The fourth-order valence-corrected chi connectivity index (χ4v) is 3.18. The Morgan fingerprint density at radius 1 is 1.28 bits per heavy atom. The first-order chi connectivity index (χ1) is 11.6. The van der Waals surface area contributed by atoms with Crippen LogP contribution in [0.2, 0.25) is 0 Å². The van der Waals surface area contributed by atoms with E-state index in [1.165, 1.54) is 13.0 Å². The van der Waals surface area contributed by atoms with Crippen LogP contribution < -0.4 is 5.32 Å². The van der Waals surface area contributed by atoms with E-state index in [1.54, 1.807) is 0 Å². The van der Waals surface area contributed by atoms with Gasteiger partial charge >= 0.3 is 0 Å². The predicted molar refractivity (Wildman–Crippen MR) is 113 cm³/mol. The molecule has 1 fully saturated rings. The summed E-state index contributed by atoms with van der Waals surface area (Å²) in [5.41, 5.74) is 0. The number of rotatable bonds is 7. The summed E-state index contributed by atoms with van der Waals surface area (Å²) in [6.45, 7) is 15.6. The number of likely N-dealkylation sites (tertiary alicyclic amines) is 1. The Kier molecular flexibility index (Phi) is 9.70. The second-order valence-electron chi connectivity index (χ2n) is 6.48. The first kappa shape index (κ1) is 22.1. The van der Waals surface area contributed by atoms with Gasteiger partial charge in [-0.2, -0.15) is 0 Å². The number of nitrogens with zero attached hydrogens (tertiary/aromatic N) is 6. The van der Waals surface area contributed by atoms with Gasteiger partial charge in [0.05, 0.1) is 0 Å². The summed E-state index contributed by atoms with van der Waals surface area (Å²) >= 11 is 0. The SMILES string of the molecule is CCNC(=NCc1nnc(C)n1C)N1CCC(CN(CC)CC)C1.I. The van der Waals surface area contributed by atoms with E-state index >= 15 is 0 Å². The van der Waals surface area contributed by atoms with Crippen LogP contribution in [-0.4, -0.2) is 69.8 Å². The summed E-state index contributed by atoms with van der Waals surface area (Å²) in [6, 6.07) is 0. The van der Waals surface area contributed by atoms with Crippen LogP contribution in [0.25, 0.3) is 0 Å². The van der Waals surface area contributed by atoms with Crippen LogP contribution >= 0.6 is 24.0 Å². The Balaban J connectivity index is 0.00000312. The largest absolute Gasteiger partial charge is 0.357 e. The summed E-state index contributed by atoms with van der Waals surface area (Å²) in [4.78, 5) is 9.69. The maximum Gasteiger partial charge on any atom is 0.194 e. The molecule has 0 aromatic carbocycles. The quantitative estimate of drug-likeness (QED) is 0.380. The minimum absolute atomic E-state index is 0. The van der Waals surface area contributed by atoms with Crippen molar-refractivity contribution in [2.75, 3.05) is 39.3 Å². The number of nitrogens with one attached hydrogen (secondary N) is 1. The maximum absolute atomic E-state index is 4.79. The first-order valence-corrected chi connectivity index (χ1v) is 9.19. The molecule has 1 atom stereocenters. The molecule has 1 saturated heterocycles. The number of aromatic nitrogens is 3. The van der Waals surface area contributed by atoms with Gasteiger partial charge in [0.25, 0.3) is 0 Å². The van der Waals surface area contributed by atoms with Crippen molar-refractivity contribution >= 4 is 29.9 Å². The molecule has 1 aromatic heterocycles. The monoisotopic (exact) mass is 463 g/mol. The number of halogens is 1.